The maximum Gasteiger partial charge on any atom is 0.267 e. The molecule has 1 aliphatic heterocycles. The number of aromatic nitrogens is 3. The quantitative estimate of drug-likeness (QED) is 0.436. The van der Waals surface area contributed by atoms with Crippen molar-refractivity contribution in [2.24, 2.45) is 0 Å². The monoisotopic (exact) mass is 456 g/mol. The van der Waals surface area contributed by atoms with E-state index < -0.39 is 0 Å². The van der Waals surface area contributed by atoms with Gasteiger partial charge in [0.05, 0.1) is 17.5 Å². The summed E-state index contributed by atoms with van der Waals surface area (Å²) in [5.41, 5.74) is 1.82. The third-order valence-corrected chi connectivity index (χ3v) is 6.41. The highest BCUT2D eigenvalue weighted by molar-refractivity contribution is 5.96. The third-order valence-electron chi connectivity index (χ3n) is 6.41. The predicted molar refractivity (Wildman–Crippen MR) is 131 cm³/mol. The van der Waals surface area contributed by atoms with Crippen LogP contribution in [0, 0.1) is 5.41 Å². The van der Waals surface area contributed by atoms with E-state index in [1.54, 1.807) is 22.9 Å². The number of nitrogens with zero attached hydrogens (tertiary/aromatic N) is 4. The molecular weight excluding hydrogens is 428 g/mol. The molecule has 0 saturated carbocycles. The summed E-state index contributed by atoms with van der Waals surface area (Å²) in [6, 6.07) is 16.6. The number of nitrogens with one attached hydrogen (secondary N) is 2. The molecule has 0 aliphatic carbocycles. The van der Waals surface area contributed by atoms with Crippen LogP contribution < -0.4 is 16.4 Å². The van der Waals surface area contributed by atoms with Crippen molar-refractivity contribution in [3.8, 4) is 0 Å². The number of amides is 1. The Kier molecular flexibility index (Phi) is 6.22. The number of hydrogen-bond acceptors (Lipinski definition) is 5. The number of rotatable bonds is 6. The van der Waals surface area contributed by atoms with Gasteiger partial charge in [0.15, 0.2) is 0 Å². The van der Waals surface area contributed by atoms with E-state index in [2.05, 4.69) is 15.2 Å². The number of pyridine rings is 2. The van der Waals surface area contributed by atoms with Gasteiger partial charge in [-0.05, 0) is 49.7 Å². The van der Waals surface area contributed by atoms with Crippen LogP contribution >= 0.6 is 0 Å². The van der Waals surface area contributed by atoms with Gasteiger partial charge < -0.3 is 14.8 Å². The van der Waals surface area contributed by atoms with E-state index in [-0.39, 0.29) is 22.5 Å². The van der Waals surface area contributed by atoms with Crippen LogP contribution in [0.2, 0.25) is 0 Å². The number of likely N-dealkylation sites (tertiary alicyclic amines) is 1. The van der Waals surface area contributed by atoms with Crippen molar-refractivity contribution in [2.75, 3.05) is 26.2 Å². The maximum atomic E-state index is 13.3. The van der Waals surface area contributed by atoms with Gasteiger partial charge in [-0.1, -0.05) is 42.8 Å². The minimum Gasteiger partial charge on any atom is -0.351 e. The molecule has 1 amide bonds. The molecule has 174 valence electrons. The van der Waals surface area contributed by atoms with Crippen LogP contribution in [0.4, 0.5) is 0 Å². The zero-order valence-electron chi connectivity index (χ0n) is 19.0. The molecule has 2 N–H and O–H groups in total. The lowest BCUT2D eigenvalue weighted by atomic mass is 10.1. The Balaban J connectivity index is 1.56. The Labute approximate surface area is 197 Å². The summed E-state index contributed by atoms with van der Waals surface area (Å²) in [7, 11) is 0. The average molecular weight is 457 g/mol. The summed E-state index contributed by atoms with van der Waals surface area (Å²) >= 11 is 0. The predicted octanol–water partition coefficient (Wildman–Crippen LogP) is 2.39. The molecule has 8 nitrogen and oxygen atoms in total. The van der Waals surface area contributed by atoms with E-state index in [0.717, 1.165) is 25.2 Å². The summed E-state index contributed by atoms with van der Waals surface area (Å²) < 4.78 is 3.12. The highest BCUT2D eigenvalue weighted by Gasteiger charge is 2.18. The van der Waals surface area contributed by atoms with E-state index in [0.29, 0.717) is 29.8 Å². The largest absolute Gasteiger partial charge is 0.351 e. The Morgan fingerprint density at radius 2 is 1.79 bits per heavy atom. The van der Waals surface area contributed by atoms with Gasteiger partial charge >= 0.3 is 0 Å². The lowest BCUT2D eigenvalue weighted by molar-refractivity contribution is 0.0944. The van der Waals surface area contributed by atoms with Gasteiger partial charge in [0.1, 0.15) is 16.8 Å². The fourth-order valence-electron chi connectivity index (χ4n) is 4.59. The second kappa shape index (κ2) is 9.61. The molecule has 1 aromatic carbocycles. The van der Waals surface area contributed by atoms with Crippen LogP contribution in [0.5, 0.6) is 0 Å². The Morgan fingerprint density at radius 1 is 1.03 bits per heavy atom. The first-order chi connectivity index (χ1) is 16.6. The van der Waals surface area contributed by atoms with Crippen molar-refractivity contribution >= 4 is 22.6 Å². The van der Waals surface area contributed by atoms with Crippen molar-refractivity contribution in [3.05, 3.63) is 87.8 Å². The zero-order valence-corrected chi connectivity index (χ0v) is 19.0. The number of benzene rings is 1. The highest BCUT2D eigenvalue weighted by Crippen LogP contribution is 2.13. The Hall–Kier alpha value is -3.78. The average Bonchev–Trinajstić information content (AvgIpc) is 2.87. The van der Waals surface area contributed by atoms with Crippen LogP contribution in [-0.2, 0) is 6.54 Å². The molecular formula is C26H28N6O2. The van der Waals surface area contributed by atoms with Crippen molar-refractivity contribution in [1.29, 1.82) is 5.41 Å². The van der Waals surface area contributed by atoms with Gasteiger partial charge in [-0.3, -0.25) is 19.4 Å². The van der Waals surface area contributed by atoms with Gasteiger partial charge in [0, 0.05) is 19.3 Å². The Morgan fingerprint density at radius 3 is 2.59 bits per heavy atom. The topological polar surface area (TPSA) is 95.5 Å². The maximum absolute atomic E-state index is 13.3. The van der Waals surface area contributed by atoms with Gasteiger partial charge in [0.25, 0.3) is 11.5 Å². The number of carbonyl (C=O) groups is 1. The van der Waals surface area contributed by atoms with Crippen LogP contribution in [0.3, 0.4) is 0 Å². The molecule has 0 unspecified atom stereocenters. The number of carbonyl (C=O) groups excluding carboxylic acids is 1. The standard InChI is InChI=1S/C26H28N6O2/c27-23-20(25(33)28-12-16-30-13-6-2-7-14-30)17-21-24(32(23)18-19-9-3-1-4-10-19)29-22-11-5-8-15-31(22)26(21)34/h1,3-5,8-11,15,17,27H,2,6-7,12-14,16,18H2,(H,28,33). The summed E-state index contributed by atoms with van der Waals surface area (Å²) in [6.07, 6.45) is 5.32. The first-order valence-electron chi connectivity index (χ1n) is 11.8. The Bertz CT molecular complexity index is 1450. The molecule has 34 heavy (non-hydrogen) atoms. The second-order valence-corrected chi connectivity index (χ2v) is 8.72. The SMILES string of the molecule is N=c1c(C(=O)NCCN2CCCCC2)cc2c(=O)n3ccccc3nc2n1Cc1ccccc1. The van der Waals surface area contributed by atoms with E-state index in [1.165, 1.54) is 29.7 Å². The fourth-order valence-corrected chi connectivity index (χ4v) is 4.59. The molecule has 1 saturated heterocycles. The minimum atomic E-state index is -0.344. The van der Waals surface area contributed by atoms with Gasteiger partial charge in [-0.2, -0.15) is 0 Å². The van der Waals surface area contributed by atoms with Gasteiger partial charge in [-0.25, -0.2) is 4.98 Å². The van der Waals surface area contributed by atoms with E-state index in [9.17, 15) is 9.59 Å². The first-order valence-corrected chi connectivity index (χ1v) is 11.8. The van der Waals surface area contributed by atoms with Crippen LogP contribution in [-0.4, -0.2) is 50.9 Å². The first kappa shape index (κ1) is 22.0. The smallest absolute Gasteiger partial charge is 0.267 e. The van der Waals surface area contributed by atoms with Gasteiger partial charge in [0.2, 0.25) is 0 Å². The van der Waals surface area contributed by atoms with Crippen molar-refractivity contribution in [2.45, 2.75) is 25.8 Å². The van der Waals surface area contributed by atoms with E-state index in [1.807, 2.05) is 36.4 Å². The molecule has 1 fully saturated rings. The molecule has 1 aliphatic rings. The molecule has 0 radical (unpaired) electrons. The molecule has 0 bridgehead atoms. The zero-order chi connectivity index (χ0) is 23.5. The van der Waals surface area contributed by atoms with Crippen molar-refractivity contribution in [1.82, 2.24) is 24.2 Å². The van der Waals surface area contributed by atoms with Crippen molar-refractivity contribution in [3.63, 3.8) is 0 Å². The lowest BCUT2D eigenvalue weighted by Crippen LogP contribution is -2.40. The molecule has 0 spiro atoms. The fraction of sp³-hybridized carbons (Fsp3) is 0.308. The summed E-state index contributed by atoms with van der Waals surface area (Å²) in [5.74, 6) is -0.344. The van der Waals surface area contributed by atoms with Crippen LogP contribution in [0.1, 0.15) is 35.2 Å². The third kappa shape index (κ3) is 4.36. The molecule has 0 atom stereocenters. The molecule has 3 aromatic heterocycles. The number of hydrogen-bond donors (Lipinski definition) is 2. The summed E-state index contributed by atoms with van der Waals surface area (Å²) in [4.78, 5) is 33.5. The summed E-state index contributed by atoms with van der Waals surface area (Å²) in [5, 5.41) is 12.1. The van der Waals surface area contributed by atoms with Crippen molar-refractivity contribution < 1.29 is 4.79 Å². The number of fused-ring (bicyclic) bond motifs is 2. The molecule has 5 rings (SSSR count). The normalized spacial score (nSPS) is 14.5. The van der Waals surface area contributed by atoms with E-state index >= 15 is 0 Å². The highest BCUT2D eigenvalue weighted by atomic mass is 16.1. The van der Waals surface area contributed by atoms with E-state index in [4.69, 9.17) is 5.41 Å². The molecule has 4 aromatic rings. The van der Waals surface area contributed by atoms with Crippen LogP contribution in [0.15, 0.2) is 65.6 Å². The molecule has 8 heteroatoms. The lowest BCUT2D eigenvalue weighted by Gasteiger charge is -2.26. The van der Waals surface area contributed by atoms with Gasteiger partial charge in [-0.15, -0.1) is 0 Å². The van der Waals surface area contributed by atoms with Crippen LogP contribution in [0.25, 0.3) is 16.7 Å². The molecule has 4 heterocycles. The second-order valence-electron chi connectivity index (χ2n) is 8.72. The summed E-state index contributed by atoms with van der Waals surface area (Å²) in [6.45, 7) is 3.74. The number of piperidine rings is 1. The minimum absolute atomic E-state index is 0.0407.